The number of carbonyl (C=O) groups is 2. The summed E-state index contributed by atoms with van der Waals surface area (Å²) in [7, 11) is 0. The van der Waals surface area contributed by atoms with Crippen LogP contribution in [0.5, 0.6) is 0 Å². The van der Waals surface area contributed by atoms with Crippen LogP contribution in [0.3, 0.4) is 0 Å². The van der Waals surface area contributed by atoms with E-state index < -0.39 is 12.0 Å². The Morgan fingerprint density at radius 1 is 1.54 bits per heavy atom. The molecule has 4 heteroatoms. The number of rotatable bonds is 1. The Kier molecular flexibility index (Phi) is 2.07. The van der Waals surface area contributed by atoms with Gasteiger partial charge in [0.1, 0.15) is 11.8 Å². The van der Waals surface area contributed by atoms with Gasteiger partial charge in [-0.2, -0.15) is 0 Å². The van der Waals surface area contributed by atoms with Crippen molar-refractivity contribution in [3.63, 3.8) is 0 Å². The highest BCUT2D eigenvalue weighted by Gasteiger charge is 2.45. The van der Waals surface area contributed by atoms with Crippen molar-refractivity contribution >= 4 is 11.8 Å². The van der Waals surface area contributed by atoms with E-state index in [1.165, 1.54) is 0 Å². The normalized spacial score (nSPS) is 38.8. The molecular weight excluding hydrogens is 170 g/mol. The van der Waals surface area contributed by atoms with Crippen LogP contribution in [0.4, 0.5) is 0 Å². The van der Waals surface area contributed by atoms with Gasteiger partial charge in [-0.25, -0.2) is 0 Å². The fourth-order valence-corrected chi connectivity index (χ4v) is 2.48. The number of fused-ring (bicyclic) bond motifs is 1. The maximum Gasteiger partial charge on any atom is 0.321 e. The SMILES string of the molecule is O=C(O)C1NCC2CCCC(=O)C21. The molecule has 0 bridgehead atoms. The Hall–Kier alpha value is -0.900. The average molecular weight is 183 g/mol. The minimum absolute atomic E-state index is 0.133. The van der Waals surface area contributed by atoms with E-state index in [2.05, 4.69) is 5.32 Å². The molecule has 2 aliphatic rings. The number of ketones is 1. The summed E-state index contributed by atoms with van der Waals surface area (Å²) >= 11 is 0. The Balaban J connectivity index is 2.18. The maximum absolute atomic E-state index is 11.5. The van der Waals surface area contributed by atoms with E-state index in [0.29, 0.717) is 13.0 Å². The molecule has 0 aromatic carbocycles. The summed E-state index contributed by atoms with van der Waals surface area (Å²) in [6.07, 6.45) is 2.48. The number of carboxylic acids is 1. The summed E-state index contributed by atoms with van der Waals surface area (Å²) in [6, 6.07) is -0.627. The van der Waals surface area contributed by atoms with Crippen molar-refractivity contribution in [3.8, 4) is 0 Å². The second kappa shape index (κ2) is 3.10. The van der Waals surface area contributed by atoms with Crippen LogP contribution in [0, 0.1) is 11.8 Å². The van der Waals surface area contributed by atoms with E-state index in [0.717, 1.165) is 12.8 Å². The van der Waals surface area contributed by atoms with Gasteiger partial charge in [-0.05, 0) is 25.3 Å². The molecule has 1 saturated carbocycles. The highest BCUT2D eigenvalue weighted by atomic mass is 16.4. The molecule has 1 heterocycles. The number of Topliss-reactive ketones (excluding diaryl/α,β-unsaturated/α-hetero) is 1. The van der Waals surface area contributed by atoms with Gasteiger partial charge in [0, 0.05) is 12.3 Å². The Morgan fingerprint density at radius 2 is 2.31 bits per heavy atom. The standard InChI is InChI=1S/C9H13NO3/c11-6-3-1-2-5-4-10-8(7(5)6)9(12)13/h5,7-8,10H,1-4H2,(H,12,13). The molecule has 2 N–H and O–H groups in total. The zero-order chi connectivity index (χ0) is 9.42. The second-order valence-corrected chi connectivity index (χ2v) is 3.87. The number of aliphatic carboxylic acids is 1. The molecule has 0 amide bonds. The summed E-state index contributed by atoms with van der Waals surface area (Å²) < 4.78 is 0. The third-order valence-electron chi connectivity index (χ3n) is 3.10. The van der Waals surface area contributed by atoms with E-state index in [9.17, 15) is 9.59 Å². The van der Waals surface area contributed by atoms with Crippen LogP contribution in [0.1, 0.15) is 19.3 Å². The van der Waals surface area contributed by atoms with Gasteiger partial charge in [0.15, 0.2) is 0 Å². The molecule has 0 radical (unpaired) electrons. The van der Waals surface area contributed by atoms with Crippen LogP contribution in [-0.2, 0) is 9.59 Å². The topological polar surface area (TPSA) is 66.4 Å². The van der Waals surface area contributed by atoms with Gasteiger partial charge in [0.05, 0.1) is 0 Å². The van der Waals surface area contributed by atoms with Crippen LogP contribution in [0.25, 0.3) is 0 Å². The van der Waals surface area contributed by atoms with Crippen molar-refractivity contribution in [1.29, 1.82) is 0 Å². The molecular formula is C9H13NO3. The van der Waals surface area contributed by atoms with Crippen molar-refractivity contribution in [2.24, 2.45) is 11.8 Å². The van der Waals surface area contributed by atoms with E-state index in [4.69, 9.17) is 5.11 Å². The largest absolute Gasteiger partial charge is 0.480 e. The third-order valence-corrected chi connectivity index (χ3v) is 3.10. The lowest BCUT2D eigenvalue weighted by Gasteiger charge is -2.24. The molecule has 2 rings (SSSR count). The van der Waals surface area contributed by atoms with Crippen molar-refractivity contribution in [1.82, 2.24) is 5.32 Å². The van der Waals surface area contributed by atoms with Crippen molar-refractivity contribution in [2.75, 3.05) is 6.54 Å². The molecule has 0 aromatic rings. The molecule has 0 spiro atoms. The van der Waals surface area contributed by atoms with Gasteiger partial charge in [-0.15, -0.1) is 0 Å². The second-order valence-electron chi connectivity index (χ2n) is 3.87. The predicted octanol–water partition coefficient (Wildman–Crippen LogP) is 0.0282. The first-order valence-electron chi connectivity index (χ1n) is 4.69. The summed E-state index contributed by atoms with van der Waals surface area (Å²) in [5, 5.41) is 11.8. The number of carboxylic acid groups (broad SMARTS) is 1. The molecule has 1 saturated heterocycles. The first-order valence-corrected chi connectivity index (χ1v) is 4.69. The van der Waals surface area contributed by atoms with Crippen LogP contribution < -0.4 is 5.32 Å². The molecule has 72 valence electrons. The first-order chi connectivity index (χ1) is 6.20. The van der Waals surface area contributed by atoms with Gasteiger partial charge < -0.3 is 10.4 Å². The first kappa shape index (κ1) is 8.69. The average Bonchev–Trinajstić information content (AvgIpc) is 2.49. The highest BCUT2D eigenvalue weighted by molar-refractivity contribution is 5.89. The van der Waals surface area contributed by atoms with Crippen molar-refractivity contribution in [3.05, 3.63) is 0 Å². The van der Waals surface area contributed by atoms with Crippen LogP contribution in [-0.4, -0.2) is 29.4 Å². The van der Waals surface area contributed by atoms with E-state index in [1.54, 1.807) is 0 Å². The minimum atomic E-state index is -0.886. The van der Waals surface area contributed by atoms with Gasteiger partial charge >= 0.3 is 5.97 Å². The quantitative estimate of drug-likeness (QED) is 0.601. The van der Waals surface area contributed by atoms with Crippen molar-refractivity contribution < 1.29 is 14.7 Å². The molecule has 3 atom stereocenters. The lowest BCUT2D eigenvalue weighted by molar-refractivity contribution is -0.143. The van der Waals surface area contributed by atoms with E-state index in [1.807, 2.05) is 0 Å². The minimum Gasteiger partial charge on any atom is -0.480 e. The number of nitrogens with one attached hydrogen (secondary N) is 1. The molecule has 3 unspecified atom stereocenters. The molecule has 2 fully saturated rings. The summed E-state index contributed by atoms with van der Waals surface area (Å²) in [4.78, 5) is 22.3. The van der Waals surface area contributed by atoms with Gasteiger partial charge in [-0.1, -0.05) is 0 Å². The Morgan fingerprint density at radius 3 is 3.00 bits per heavy atom. The summed E-state index contributed by atoms with van der Waals surface area (Å²) in [5.41, 5.74) is 0. The van der Waals surface area contributed by atoms with E-state index >= 15 is 0 Å². The maximum atomic E-state index is 11.5. The fourth-order valence-electron chi connectivity index (χ4n) is 2.48. The van der Waals surface area contributed by atoms with Crippen molar-refractivity contribution in [2.45, 2.75) is 25.3 Å². The molecule has 4 nitrogen and oxygen atoms in total. The number of hydrogen-bond acceptors (Lipinski definition) is 3. The monoisotopic (exact) mass is 183 g/mol. The third kappa shape index (κ3) is 1.35. The van der Waals surface area contributed by atoms with Crippen LogP contribution >= 0.6 is 0 Å². The zero-order valence-electron chi connectivity index (χ0n) is 7.32. The fraction of sp³-hybridized carbons (Fsp3) is 0.778. The highest BCUT2D eigenvalue weighted by Crippen LogP contribution is 2.33. The molecule has 1 aliphatic heterocycles. The van der Waals surface area contributed by atoms with Gasteiger partial charge in [0.2, 0.25) is 0 Å². The Labute approximate surface area is 76.3 Å². The number of carbonyl (C=O) groups excluding carboxylic acids is 1. The smallest absolute Gasteiger partial charge is 0.321 e. The van der Waals surface area contributed by atoms with E-state index in [-0.39, 0.29) is 17.6 Å². The zero-order valence-corrected chi connectivity index (χ0v) is 7.32. The van der Waals surface area contributed by atoms with Crippen LogP contribution in [0.2, 0.25) is 0 Å². The van der Waals surface area contributed by atoms with Gasteiger partial charge in [-0.3, -0.25) is 9.59 Å². The lowest BCUT2D eigenvalue weighted by Crippen LogP contribution is -2.40. The molecule has 0 aromatic heterocycles. The summed E-state index contributed by atoms with van der Waals surface area (Å²) in [5.74, 6) is -0.745. The van der Waals surface area contributed by atoms with Gasteiger partial charge in [0.25, 0.3) is 0 Å². The Bertz CT molecular complexity index is 251. The molecule has 1 aliphatic carbocycles. The lowest BCUT2D eigenvalue weighted by atomic mass is 9.77. The predicted molar refractivity (Wildman–Crippen MR) is 45.3 cm³/mol. The molecule has 13 heavy (non-hydrogen) atoms. The summed E-state index contributed by atoms with van der Waals surface area (Å²) in [6.45, 7) is 0.688. The number of hydrogen-bond donors (Lipinski definition) is 2. The van der Waals surface area contributed by atoms with Crippen LogP contribution in [0.15, 0.2) is 0 Å².